The van der Waals surface area contributed by atoms with Crippen LogP contribution >= 0.6 is 11.6 Å². The first-order valence-electron chi connectivity index (χ1n) is 8.90. The van der Waals surface area contributed by atoms with E-state index in [0.29, 0.717) is 22.9 Å². The van der Waals surface area contributed by atoms with Gasteiger partial charge in [0.1, 0.15) is 12.2 Å². The quantitative estimate of drug-likeness (QED) is 0.639. The fraction of sp³-hybridized carbons (Fsp3) is 0.316. The molecule has 9 heteroatoms. The summed E-state index contributed by atoms with van der Waals surface area (Å²) in [5.74, 6) is -0.166. The molecule has 0 saturated heterocycles. The summed E-state index contributed by atoms with van der Waals surface area (Å²) in [7, 11) is 0. The molecule has 2 heterocycles. The predicted octanol–water partition coefficient (Wildman–Crippen LogP) is 4.24. The molecule has 2 aromatic heterocycles. The van der Waals surface area contributed by atoms with Crippen LogP contribution in [0.15, 0.2) is 42.7 Å². The lowest BCUT2D eigenvalue weighted by molar-refractivity contribution is -0.117. The van der Waals surface area contributed by atoms with E-state index in [-0.39, 0.29) is 18.2 Å². The molecule has 146 valence electrons. The van der Waals surface area contributed by atoms with E-state index >= 15 is 0 Å². The summed E-state index contributed by atoms with van der Waals surface area (Å²) in [6, 6.07) is 8.66. The van der Waals surface area contributed by atoms with Crippen molar-refractivity contribution in [2.45, 2.75) is 38.3 Å². The molecule has 1 saturated carbocycles. The molecule has 28 heavy (non-hydrogen) atoms. The highest BCUT2D eigenvalue weighted by atomic mass is 35.5. The van der Waals surface area contributed by atoms with Crippen molar-refractivity contribution in [3.8, 4) is 0 Å². The van der Waals surface area contributed by atoms with Gasteiger partial charge in [0.2, 0.25) is 5.91 Å². The molecule has 3 aromatic rings. The summed E-state index contributed by atoms with van der Waals surface area (Å²) in [5, 5.41) is 11.6. The maximum atomic E-state index is 13.3. The van der Waals surface area contributed by atoms with Gasteiger partial charge in [0.05, 0.1) is 23.5 Å². The first-order chi connectivity index (χ1) is 13.5. The number of benzene rings is 1. The van der Waals surface area contributed by atoms with Gasteiger partial charge in [-0.25, -0.2) is 8.78 Å². The Morgan fingerprint density at radius 3 is 2.82 bits per heavy atom. The summed E-state index contributed by atoms with van der Waals surface area (Å²) in [5.41, 5.74) is 1.92. The summed E-state index contributed by atoms with van der Waals surface area (Å²) in [6.45, 7) is 0.237. The predicted molar refractivity (Wildman–Crippen MR) is 101 cm³/mol. The number of aromatic nitrogens is 4. The van der Waals surface area contributed by atoms with Gasteiger partial charge in [0, 0.05) is 17.8 Å². The molecule has 0 atom stereocenters. The average molecular weight is 406 g/mol. The number of alkyl halides is 2. The van der Waals surface area contributed by atoms with Crippen LogP contribution in [0.4, 0.5) is 14.5 Å². The highest BCUT2D eigenvalue weighted by molar-refractivity contribution is 6.30. The molecular weight excluding hydrogens is 388 g/mol. The van der Waals surface area contributed by atoms with Gasteiger partial charge in [0.15, 0.2) is 0 Å². The van der Waals surface area contributed by atoms with Crippen LogP contribution in [0, 0.1) is 0 Å². The Kier molecular flexibility index (Phi) is 5.13. The van der Waals surface area contributed by atoms with Crippen LogP contribution in [-0.4, -0.2) is 25.5 Å². The monoisotopic (exact) mass is 405 g/mol. The van der Waals surface area contributed by atoms with E-state index in [9.17, 15) is 13.6 Å². The topological polar surface area (TPSA) is 64.7 Å². The van der Waals surface area contributed by atoms with Gasteiger partial charge in [-0.3, -0.25) is 14.2 Å². The van der Waals surface area contributed by atoms with Crippen LogP contribution in [0.25, 0.3) is 0 Å². The average Bonchev–Trinajstić information content (AvgIpc) is 3.28. The van der Waals surface area contributed by atoms with Gasteiger partial charge in [-0.2, -0.15) is 10.2 Å². The van der Waals surface area contributed by atoms with Crippen molar-refractivity contribution in [1.82, 2.24) is 19.6 Å². The van der Waals surface area contributed by atoms with E-state index in [2.05, 4.69) is 15.5 Å². The van der Waals surface area contributed by atoms with Crippen LogP contribution in [0.1, 0.15) is 42.1 Å². The van der Waals surface area contributed by atoms with E-state index in [1.54, 1.807) is 35.3 Å². The Morgan fingerprint density at radius 1 is 1.32 bits per heavy atom. The first-order valence-corrected chi connectivity index (χ1v) is 9.28. The normalized spacial score (nSPS) is 13.9. The van der Waals surface area contributed by atoms with Gasteiger partial charge in [-0.15, -0.1) is 0 Å². The molecule has 1 aromatic carbocycles. The molecule has 0 unspecified atom stereocenters. The van der Waals surface area contributed by atoms with Gasteiger partial charge >= 0.3 is 0 Å². The number of amides is 1. The summed E-state index contributed by atoms with van der Waals surface area (Å²) in [4.78, 5) is 12.4. The van der Waals surface area contributed by atoms with Crippen LogP contribution < -0.4 is 5.32 Å². The molecule has 0 aliphatic heterocycles. The lowest BCUT2D eigenvalue weighted by atomic mass is 10.2. The second kappa shape index (κ2) is 7.71. The van der Waals surface area contributed by atoms with Gasteiger partial charge in [0.25, 0.3) is 6.43 Å². The minimum absolute atomic E-state index is 0.221. The van der Waals surface area contributed by atoms with E-state index in [4.69, 9.17) is 11.6 Å². The Hall–Kier alpha value is -2.74. The van der Waals surface area contributed by atoms with E-state index < -0.39 is 12.3 Å². The molecule has 4 rings (SSSR count). The van der Waals surface area contributed by atoms with Crippen molar-refractivity contribution in [3.05, 3.63) is 64.7 Å². The summed E-state index contributed by atoms with van der Waals surface area (Å²) < 4.78 is 29.3. The number of carbonyl (C=O) groups excluding carboxylic acids is 1. The molecule has 0 radical (unpaired) electrons. The molecule has 0 spiro atoms. The zero-order chi connectivity index (χ0) is 19.7. The maximum absolute atomic E-state index is 13.3. The zero-order valence-corrected chi connectivity index (χ0v) is 15.6. The van der Waals surface area contributed by atoms with E-state index in [1.807, 2.05) is 6.07 Å². The lowest BCUT2D eigenvalue weighted by Crippen LogP contribution is -2.21. The summed E-state index contributed by atoms with van der Waals surface area (Å²) in [6.07, 6.45) is 2.50. The number of nitrogens with zero attached hydrogens (tertiary/aromatic N) is 4. The molecule has 1 N–H and O–H groups in total. The van der Waals surface area contributed by atoms with Gasteiger partial charge in [-0.1, -0.05) is 23.7 Å². The third-order valence-corrected chi connectivity index (χ3v) is 4.69. The minimum Gasteiger partial charge on any atom is -0.324 e. The van der Waals surface area contributed by atoms with Crippen LogP contribution in [0.2, 0.25) is 5.02 Å². The van der Waals surface area contributed by atoms with Crippen molar-refractivity contribution in [2.75, 3.05) is 5.32 Å². The van der Waals surface area contributed by atoms with Crippen molar-refractivity contribution in [3.63, 3.8) is 0 Å². The van der Waals surface area contributed by atoms with Crippen molar-refractivity contribution >= 4 is 23.2 Å². The molecule has 1 aliphatic carbocycles. The Morgan fingerprint density at radius 2 is 2.14 bits per heavy atom. The highest BCUT2D eigenvalue weighted by Crippen LogP contribution is 2.40. The third kappa shape index (κ3) is 4.39. The van der Waals surface area contributed by atoms with Crippen LogP contribution in [0.5, 0.6) is 0 Å². The fourth-order valence-electron chi connectivity index (χ4n) is 3.03. The number of carbonyl (C=O) groups is 1. The SMILES string of the molecule is O=C(Cn1nc(C2CC2)cc1C(F)F)Nc1cccc(Cn2cc(Cl)cn2)c1. The Labute approximate surface area is 165 Å². The number of halogens is 3. The van der Waals surface area contributed by atoms with Gasteiger partial charge < -0.3 is 5.32 Å². The standard InChI is InChI=1S/C19H18ClF2N5O/c20-14-8-23-26(10-14)9-12-2-1-3-15(6-12)24-18(28)11-27-17(19(21)22)7-16(25-27)13-4-5-13/h1-3,6-8,10,13,19H,4-5,9,11H2,(H,24,28). The molecule has 1 amide bonds. The Bertz CT molecular complexity index is 996. The Balaban J connectivity index is 1.43. The van der Waals surface area contributed by atoms with Crippen LogP contribution in [0.3, 0.4) is 0 Å². The van der Waals surface area contributed by atoms with E-state index in [1.165, 1.54) is 6.07 Å². The molecule has 1 aliphatic rings. The van der Waals surface area contributed by atoms with Crippen molar-refractivity contribution < 1.29 is 13.6 Å². The minimum atomic E-state index is -2.67. The lowest BCUT2D eigenvalue weighted by Gasteiger charge is -2.09. The number of nitrogens with one attached hydrogen (secondary N) is 1. The highest BCUT2D eigenvalue weighted by Gasteiger charge is 2.29. The number of rotatable bonds is 7. The summed E-state index contributed by atoms with van der Waals surface area (Å²) >= 11 is 5.86. The number of anilines is 1. The maximum Gasteiger partial charge on any atom is 0.280 e. The largest absolute Gasteiger partial charge is 0.324 e. The molecule has 6 nitrogen and oxygen atoms in total. The molecule has 0 bridgehead atoms. The fourth-order valence-corrected chi connectivity index (χ4v) is 3.19. The van der Waals surface area contributed by atoms with Crippen molar-refractivity contribution in [1.29, 1.82) is 0 Å². The van der Waals surface area contributed by atoms with Crippen molar-refractivity contribution in [2.24, 2.45) is 0 Å². The number of hydrogen-bond donors (Lipinski definition) is 1. The molecule has 1 fully saturated rings. The molecular formula is C19H18ClF2N5O. The third-order valence-electron chi connectivity index (χ3n) is 4.50. The van der Waals surface area contributed by atoms with Crippen LogP contribution in [-0.2, 0) is 17.9 Å². The number of hydrogen-bond acceptors (Lipinski definition) is 3. The van der Waals surface area contributed by atoms with Gasteiger partial charge in [-0.05, 0) is 36.6 Å². The smallest absolute Gasteiger partial charge is 0.280 e. The zero-order valence-electron chi connectivity index (χ0n) is 14.9. The van der Waals surface area contributed by atoms with E-state index in [0.717, 1.165) is 23.1 Å². The second-order valence-electron chi connectivity index (χ2n) is 6.83. The second-order valence-corrected chi connectivity index (χ2v) is 7.27. The first kappa shape index (κ1) is 18.6.